The monoisotopic (exact) mass is 278 g/mol. The Balaban J connectivity index is 1.89. The molecular weight excluding hydrogens is 256 g/mol. The molecule has 1 aliphatic rings. The normalized spacial score (nSPS) is 17.0. The fourth-order valence-corrected chi connectivity index (χ4v) is 2.26. The highest BCUT2D eigenvalue weighted by Crippen LogP contribution is 2.18. The summed E-state index contributed by atoms with van der Waals surface area (Å²) in [5.41, 5.74) is 1.90. The molecule has 0 spiro atoms. The predicted molar refractivity (Wildman–Crippen MR) is 76.5 cm³/mol. The van der Waals surface area contributed by atoms with Crippen LogP contribution in [0.5, 0.6) is 5.75 Å². The summed E-state index contributed by atoms with van der Waals surface area (Å²) >= 11 is 0. The van der Waals surface area contributed by atoms with Crippen LogP contribution in [0.3, 0.4) is 0 Å². The van der Waals surface area contributed by atoms with Gasteiger partial charge in [-0.15, -0.1) is 0 Å². The van der Waals surface area contributed by atoms with Crippen molar-refractivity contribution < 1.29 is 14.6 Å². The van der Waals surface area contributed by atoms with Gasteiger partial charge in [0.05, 0.1) is 19.3 Å². The van der Waals surface area contributed by atoms with E-state index >= 15 is 0 Å². The maximum atomic E-state index is 12.2. The van der Waals surface area contributed by atoms with E-state index in [2.05, 4.69) is 5.32 Å². The summed E-state index contributed by atoms with van der Waals surface area (Å²) in [5, 5.41) is 13.0. The molecule has 1 aromatic carbocycles. The molecule has 0 aromatic heterocycles. The Kier molecular flexibility index (Phi) is 4.98. The zero-order valence-electron chi connectivity index (χ0n) is 12.1. The minimum Gasteiger partial charge on any atom is -0.508 e. The van der Waals surface area contributed by atoms with Crippen LogP contribution >= 0.6 is 0 Å². The predicted octanol–water partition coefficient (Wildman–Crippen LogP) is 1.04. The quantitative estimate of drug-likeness (QED) is 0.864. The molecule has 1 fully saturated rings. The summed E-state index contributed by atoms with van der Waals surface area (Å²) in [5.74, 6) is 0.342. The number of rotatable bonds is 4. The van der Waals surface area contributed by atoms with Gasteiger partial charge in [-0.05, 0) is 19.9 Å². The van der Waals surface area contributed by atoms with Gasteiger partial charge in [-0.1, -0.05) is 17.7 Å². The molecule has 1 saturated heterocycles. The molecule has 1 amide bonds. The highest BCUT2D eigenvalue weighted by atomic mass is 16.5. The molecular formula is C15H22N2O3. The molecule has 110 valence electrons. The summed E-state index contributed by atoms with van der Waals surface area (Å²) in [4.78, 5) is 14.0. The highest BCUT2D eigenvalue weighted by Gasteiger charge is 2.22. The first kappa shape index (κ1) is 14.8. The maximum absolute atomic E-state index is 12.2. The van der Waals surface area contributed by atoms with Crippen molar-refractivity contribution in [3.05, 3.63) is 29.3 Å². The molecule has 1 aromatic rings. The number of hydrogen-bond donors (Lipinski definition) is 2. The van der Waals surface area contributed by atoms with Gasteiger partial charge in [-0.3, -0.25) is 4.79 Å². The number of morpholine rings is 1. The second-order valence-corrected chi connectivity index (χ2v) is 5.17. The summed E-state index contributed by atoms with van der Waals surface area (Å²) in [6.45, 7) is 6.83. The van der Waals surface area contributed by atoms with Crippen molar-refractivity contribution >= 4 is 5.91 Å². The van der Waals surface area contributed by atoms with Gasteiger partial charge in [0.25, 0.3) is 0 Å². The van der Waals surface area contributed by atoms with E-state index < -0.39 is 0 Å². The Hall–Kier alpha value is -1.59. The van der Waals surface area contributed by atoms with Crippen LogP contribution < -0.4 is 5.32 Å². The number of aromatic hydroxyl groups is 1. The average Bonchev–Trinajstić information content (AvgIpc) is 2.48. The molecule has 2 N–H and O–H groups in total. The van der Waals surface area contributed by atoms with E-state index in [0.717, 1.165) is 11.1 Å². The number of phenols is 1. The fraction of sp³-hybridized carbons (Fsp3) is 0.533. The molecule has 5 nitrogen and oxygen atoms in total. The number of hydrogen-bond acceptors (Lipinski definition) is 4. The molecule has 0 bridgehead atoms. The lowest BCUT2D eigenvalue weighted by atomic mass is 10.1. The van der Waals surface area contributed by atoms with Gasteiger partial charge in [0.15, 0.2) is 0 Å². The Labute approximate surface area is 119 Å². The molecule has 2 rings (SSSR count). The van der Waals surface area contributed by atoms with Crippen LogP contribution in [0.25, 0.3) is 0 Å². The minimum absolute atomic E-state index is 0.0837. The number of benzene rings is 1. The Bertz CT molecular complexity index is 470. The highest BCUT2D eigenvalue weighted by molar-refractivity contribution is 5.81. The lowest BCUT2D eigenvalue weighted by Gasteiger charge is -2.29. The first-order valence-corrected chi connectivity index (χ1v) is 6.96. The van der Waals surface area contributed by atoms with Crippen molar-refractivity contribution in [1.29, 1.82) is 0 Å². The van der Waals surface area contributed by atoms with Gasteiger partial charge in [-0.25, -0.2) is 0 Å². The summed E-state index contributed by atoms with van der Waals surface area (Å²) < 4.78 is 5.24. The first-order chi connectivity index (χ1) is 9.58. The summed E-state index contributed by atoms with van der Waals surface area (Å²) in [6.07, 6.45) is 0. The molecule has 1 heterocycles. The molecule has 0 radical (unpaired) electrons. The number of nitrogens with one attached hydrogen (secondary N) is 1. The Morgan fingerprint density at radius 1 is 1.45 bits per heavy atom. The van der Waals surface area contributed by atoms with Crippen molar-refractivity contribution in [1.82, 2.24) is 10.2 Å². The number of aryl methyl sites for hydroxylation is 1. The Morgan fingerprint density at radius 3 is 2.85 bits per heavy atom. The SMILES string of the molecule is Cc1ccc(O)c(CNC(C)C(=O)N2CCOCC2)c1. The molecule has 20 heavy (non-hydrogen) atoms. The van der Waals surface area contributed by atoms with E-state index in [1.165, 1.54) is 0 Å². The van der Waals surface area contributed by atoms with Crippen molar-refractivity contribution in [3.63, 3.8) is 0 Å². The fourth-order valence-electron chi connectivity index (χ4n) is 2.26. The molecule has 1 atom stereocenters. The van der Waals surface area contributed by atoms with Gasteiger partial charge in [0, 0.05) is 25.2 Å². The number of ether oxygens (including phenoxy) is 1. The van der Waals surface area contributed by atoms with Gasteiger partial charge < -0.3 is 20.1 Å². The molecule has 0 aliphatic carbocycles. The van der Waals surface area contributed by atoms with Crippen LogP contribution in [-0.4, -0.2) is 48.3 Å². The lowest BCUT2D eigenvalue weighted by molar-refractivity contribution is -0.137. The maximum Gasteiger partial charge on any atom is 0.239 e. The second-order valence-electron chi connectivity index (χ2n) is 5.17. The molecule has 5 heteroatoms. The Morgan fingerprint density at radius 2 is 2.15 bits per heavy atom. The zero-order chi connectivity index (χ0) is 14.5. The third kappa shape index (κ3) is 3.71. The zero-order valence-corrected chi connectivity index (χ0v) is 12.1. The van der Waals surface area contributed by atoms with E-state index in [4.69, 9.17) is 4.74 Å². The largest absolute Gasteiger partial charge is 0.508 e. The molecule has 1 unspecified atom stereocenters. The second kappa shape index (κ2) is 6.72. The van der Waals surface area contributed by atoms with Crippen LogP contribution in [0, 0.1) is 6.92 Å². The number of carbonyl (C=O) groups excluding carboxylic acids is 1. The van der Waals surface area contributed by atoms with Gasteiger partial charge >= 0.3 is 0 Å². The number of nitrogens with zero attached hydrogens (tertiary/aromatic N) is 1. The van der Waals surface area contributed by atoms with Gasteiger partial charge in [-0.2, -0.15) is 0 Å². The van der Waals surface area contributed by atoms with Crippen LogP contribution in [0.1, 0.15) is 18.1 Å². The van der Waals surface area contributed by atoms with E-state index in [1.54, 1.807) is 6.07 Å². The minimum atomic E-state index is -0.270. The van der Waals surface area contributed by atoms with E-state index in [9.17, 15) is 9.90 Å². The van der Waals surface area contributed by atoms with Crippen molar-refractivity contribution in [3.8, 4) is 5.75 Å². The molecule has 0 saturated carbocycles. The lowest BCUT2D eigenvalue weighted by Crippen LogP contribution is -2.49. The van der Waals surface area contributed by atoms with Crippen LogP contribution in [0.4, 0.5) is 0 Å². The van der Waals surface area contributed by atoms with Crippen LogP contribution in [-0.2, 0) is 16.1 Å². The topological polar surface area (TPSA) is 61.8 Å². The van der Waals surface area contributed by atoms with Gasteiger partial charge in [0.1, 0.15) is 5.75 Å². The number of carbonyl (C=O) groups is 1. The first-order valence-electron chi connectivity index (χ1n) is 6.96. The van der Waals surface area contributed by atoms with Gasteiger partial charge in [0.2, 0.25) is 5.91 Å². The smallest absolute Gasteiger partial charge is 0.239 e. The van der Waals surface area contributed by atoms with Crippen molar-refractivity contribution in [2.75, 3.05) is 26.3 Å². The van der Waals surface area contributed by atoms with E-state index in [0.29, 0.717) is 32.8 Å². The van der Waals surface area contributed by atoms with Crippen LogP contribution in [0.2, 0.25) is 0 Å². The average molecular weight is 278 g/mol. The number of phenolic OH excluding ortho intramolecular Hbond substituents is 1. The summed E-state index contributed by atoms with van der Waals surface area (Å²) in [7, 11) is 0. The van der Waals surface area contributed by atoms with E-state index in [1.807, 2.05) is 30.9 Å². The molecule has 1 aliphatic heterocycles. The third-order valence-corrected chi connectivity index (χ3v) is 3.53. The summed E-state index contributed by atoms with van der Waals surface area (Å²) in [6, 6.07) is 5.20. The van der Waals surface area contributed by atoms with E-state index in [-0.39, 0.29) is 17.7 Å². The van der Waals surface area contributed by atoms with Crippen LogP contribution in [0.15, 0.2) is 18.2 Å². The van der Waals surface area contributed by atoms with Crippen molar-refractivity contribution in [2.24, 2.45) is 0 Å². The third-order valence-electron chi connectivity index (χ3n) is 3.53. The number of amides is 1. The standard InChI is InChI=1S/C15H22N2O3/c1-11-3-4-14(18)13(9-11)10-16-12(2)15(19)17-5-7-20-8-6-17/h3-4,9,12,16,18H,5-8,10H2,1-2H3. The van der Waals surface area contributed by atoms with Crippen molar-refractivity contribution in [2.45, 2.75) is 26.4 Å².